The molecule has 1 heterocycles. The first-order valence-corrected chi connectivity index (χ1v) is 9.83. The number of nitrogens with one attached hydrogen (secondary N) is 1. The number of carboxylic acid groups (broad SMARTS) is 1. The van der Waals surface area contributed by atoms with Crippen molar-refractivity contribution in [1.29, 1.82) is 0 Å². The standard InChI is InChI=1S/C22H20ClFN2O3/c23-14-3-1-13(2-4-14)9-21(27)25-16-6-8-20-18(11-16)17-10-15(24)5-7-19(17)26(20)12-22(28)29/h1-5,7,10,16H,6,8-9,11-12H2,(H,25,27)(H,28,29)/t16-/m1/s1. The third-order valence-electron chi connectivity index (χ3n) is 5.37. The van der Waals surface area contributed by atoms with Crippen LogP contribution in [-0.4, -0.2) is 27.6 Å². The van der Waals surface area contributed by atoms with Gasteiger partial charge in [-0.2, -0.15) is 0 Å². The second kappa shape index (κ2) is 7.87. The Bertz CT molecular complexity index is 1090. The zero-order valence-corrected chi connectivity index (χ0v) is 16.4. The summed E-state index contributed by atoms with van der Waals surface area (Å²) in [5, 5.41) is 13.7. The van der Waals surface area contributed by atoms with Crippen LogP contribution in [-0.2, 0) is 35.4 Å². The normalized spacial score (nSPS) is 15.9. The minimum absolute atomic E-state index is 0.0746. The number of aliphatic carboxylic acids is 1. The summed E-state index contributed by atoms with van der Waals surface area (Å²) in [5.41, 5.74) is 3.43. The SMILES string of the molecule is O=C(O)Cn1c2c(c3cc(F)ccc31)C[C@H](NC(=O)Cc1ccc(Cl)cc1)CC2. The number of aromatic nitrogens is 1. The molecule has 4 rings (SSSR count). The lowest BCUT2D eigenvalue weighted by molar-refractivity contribution is -0.137. The molecule has 0 unspecified atom stereocenters. The molecule has 7 heteroatoms. The number of hydrogen-bond donors (Lipinski definition) is 2. The van der Waals surface area contributed by atoms with E-state index in [1.807, 2.05) is 12.1 Å². The molecule has 1 atom stereocenters. The van der Waals surface area contributed by atoms with Gasteiger partial charge in [-0.05, 0) is 60.7 Å². The maximum atomic E-state index is 13.9. The van der Waals surface area contributed by atoms with Crippen LogP contribution in [0.4, 0.5) is 4.39 Å². The number of hydrogen-bond acceptors (Lipinski definition) is 2. The van der Waals surface area contributed by atoms with E-state index in [1.54, 1.807) is 22.8 Å². The van der Waals surface area contributed by atoms with Crippen LogP contribution in [0.1, 0.15) is 23.2 Å². The number of fused-ring (bicyclic) bond motifs is 3. The van der Waals surface area contributed by atoms with Gasteiger partial charge in [-0.1, -0.05) is 23.7 Å². The molecule has 5 nitrogen and oxygen atoms in total. The minimum atomic E-state index is -0.938. The number of carbonyl (C=O) groups is 2. The molecule has 2 N–H and O–H groups in total. The van der Waals surface area contributed by atoms with Crippen molar-refractivity contribution in [3.05, 3.63) is 70.1 Å². The van der Waals surface area contributed by atoms with E-state index in [4.69, 9.17) is 11.6 Å². The molecule has 3 aromatic rings. The third kappa shape index (κ3) is 4.12. The highest BCUT2D eigenvalue weighted by Crippen LogP contribution is 2.33. The Balaban J connectivity index is 1.55. The van der Waals surface area contributed by atoms with Gasteiger partial charge in [0.2, 0.25) is 5.91 Å². The number of rotatable bonds is 5. The Morgan fingerprint density at radius 2 is 1.97 bits per heavy atom. The molecule has 0 spiro atoms. The molecule has 1 amide bonds. The molecule has 0 aliphatic heterocycles. The van der Waals surface area contributed by atoms with Crippen LogP contribution in [0.15, 0.2) is 42.5 Å². The van der Waals surface area contributed by atoms with Gasteiger partial charge < -0.3 is 15.0 Å². The smallest absolute Gasteiger partial charge is 0.323 e. The first-order chi connectivity index (χ1) is 13.9. The van der Waals surface area contributed by atoms with Crippen molar-refractivity contribution in [1.82, 2.24) is 9.88 Å². The Morgan fingerprint density at radius 3 is 2.69 bits per heavy atom. The summed E-state index contributed by atoms with van der Waals surface area (Å²) in [6.07, 6.45) is 2.15. The predicted molar refractivity (Wildman–Crippen MR) is 109 cm³/mol. The molecule has 29 heavy (non-hydrogen) atoms. The van der Waals surface area contributed by atoms with Crippen LogP contribution >= 0.6 is 11.6 Å². The first-order valence-electron chi connectivity index (χ1n) is 9.46. The molecule has 1 aliphatic carbocycles. The fraction of sp³-hybridized carbons (Fsp3) is 0.273. The summed E-state index contributed by atoms with van der Waals surface area (Å²) in [7, 11) is 0. The fourth-order valence-electron chi connectivity index (χ4n) is 4.13. The van der Waals surface area contributed by atoms with Gasteiger partial charge in [-0.3, -0.25) is 9.59 Å². The van der Waals surface area contributed by atoms with Crippen molar-refractivity contribution in [2.75, 3.05) is 0 Å². The van der Waals surface area contributed by atoms with Crippen LogP contribution in [0.25, 0.3) is 10.9 Å². The van der Waals surface area contributed by atoms with Crippen molar-refractivity contribution < 1.29 is 19.1 Å². The average Bonchev–Trinajstić information content (AvgIpc) is 2.96. The predicted octanol–water partition coefficient (Wildman–Crippen LogP) is 3.73. The van der Waals surface area contributed by atoms with E-state index in [1.165, 1.54) is 12.1 Å². The van der Waals surface area contributed by atoms with Gasteiger partial charge in [0.05, 0.1) is 6.42 Å². The highest BCUT2D eigenvalue weighted by Gasteiger charge is 2.27. The third-order valence-corrected chi connectivity index (χ3v) is 5.62. The highest BCUT2D eigenvalue weighted by molar-refractivity contribution is 6.30. The molecule has 1 aromatic heterocycles. The monoisotopic (exact) mass is 414 g/mol. The van der Waals surface area contributed by atoms with Crippen molar-refractivity contribution in [3.63, 3.8) is 0 Å². The summed E-state index contributed by atoms with van der Waals surface area (Å²) in [6, 6.07) is 11.5. The Hall–Kier alpha value is -2.86. The summed E-state index contributed by atoms with van der Waals surface area (Å²) >= 11 is 5.88. The quantitative estimate of drug-likeness (QED) is 0.668. The number of carbonyl (C=O) groups excluding carboxylic acids is 1. The van der Waals surface area contributed by atoms with E-state index in [0.29, 0.717) is 29.8 Å². The van der Waals surface area contributed by atoms with Gasteiger partial charge in [-0.15, -0.1) is 0 Å². The number of benzene rings is 2. The van der Waals surface area contributed by atoms with E-state index < -0.39 is 5.97 Å². The molecular weight excluding hydrogens is 395 g/mol. The number of nitrogens with zero attached hydrogens (tertiary/aromatic N) is 1. The Labute approximate surface area is 172 Å². The second-order valence-electron chi connectivity index (χ2n) is 7.38. The molecule has 150 valence electrons. The lowest BCUT2D eigenvalue weighted by Crippen LogP contribution is -2.39. The van der Waals surface area contributed by atoms with Crippen LogP contribution in [0.5, 0.6) is 0 Å². The van der Waals surface area contributed by atoms with Crippen molar-refractivity contribution in [3.8, 4) is 0 Å². The lowest BCUT2D eigenvalue weighted by atomic mass is 9.91. The summed E-state index contributed by atoms with van der Waals surface area (Å²) in [5.74, 6) is -1.38. The van der Waals surface area contributed by atoms with Crippen LogP contribution in [0, 0.1) is 5.82 Å². The Morgan fingerprint density at radius 1 is 1.21 bits per heavy atom. The molecule has 1 aliphatic rings. The van der Waals surface area contributed by atoms with Crippen LogP contribution in [0.3, 0.4) is 0 Å². The zero-order valence-electron chi connectivity index (χ0n) is 15.6. The molecule has 0 radical (unpaired) electrons. The van der Waals surface area contributed by atoms with E-state index in [0.717, 1.165) is 22.2 Å². The van der Waals surface area contributed by atoms with Crippen molar-refractivity contribution in [2.45, 2.75) is 38.3 Å². The van der Waals surface area contributed by atoms with Crippen molar-refractivity contribution in [2.24, 2.45) is 0 Å². The largest absolute Gasteiger partial charge is 0.480 e. The van der Waals surface area contributed by atoms with Gasteiger partial charge in [0.25, 0.3) is 0 Å². The van der Waals surface area contributed by atoms with Crippen molar-refractivity contribution >= 4 is 34.4 Å². The van der Waals surface area contributed by atoms with E-state index in [9.17, 15) is 19.1 Å². The average molecular weight is 415 g/mol. The van der Waals surface area contributed by atoms with E-state index in [2.05, 4.69) is 5.32 Å². The molecule has 0 fully saturated rings. The maximum absolute atomic E-state index is 13.9. The van der Waals surface area contributed by atoms with E-state index >= 15 is 0 Å². The summed E-state index contributed by atoms with van der Waals surface area (Å²) < 4.78 is 15.6. The highest BCUT2D eigenvalue weighted by atomic mass is 35.5. The molecule has 0 saturated heterocycles. The fourth-order valence-corrected chi connectivity index (χ4v) is 4.25. The molecule has 0 bridgehead atoms. The molecule has 2 aromatic carbocycles. The van der Waals surface area contributed by atoms with Gasteiger partial charge >= 0.3 is 5.97 Å². The summed E-state index contributed by atoms with van der Waals surface area (Å²) in [6.45, 7) is -0.162. The molecule has 0 saturated carbocycles. The van der Waals surface area contributed by atoms with Gasteiger partial charge in [0.1, 0.15) is 12.4 Å². The van der Waals surface area contributed by atoms with Crippen LogP contribution in [0.2, 0.25) is 5.02 Å². The van der Waals surface area contributed by atoms with E-state index in [-0.39, 0.29) is 30.7 Å². The number of amides is 1. The molecular formula is C22H20ClFN2O3. The number of carboxylic acids is 1. The second-order valence-corrected chi connectivity index (χ2v) is 7.81. The van der Waals surface area contributed by atoms with Gasteiger partial charge in [0, 0.05) is 27.7 Å². The Kier molecular flexibility index (Phi) is 5.28. The van der Waals surface area contributed by atoms with Gasteiger partial charge in [-0.25, -0.2) is 4.39 Å². The summed E-state index contributed by atoms with van der Waals surface area (Å²) in [4.78, 5) is 23.8. The minimum Gasteiger partial charge on any atom is -0.480 e. The van der Waals surface area contributed by atoms with Crippen LogP contribution < -0.4 is 5.32 Å². The maximum Gasteiger partial charge on any atom is 0.323 e. The first kappa shape index (κ1) is 19.5. The van der Waals surface area contributed by atoms with Gasteiger partial charge in [0.15, 0.2) is 0 Å². The topological polar surface area (TPSA) is 71.3 Å². The lowest BCUT2D eigenvalue weighted by Gasteiger charge is -2.25. The number of halogens is 2. The zero-order chi connectivity index (χ0) is 20.5.